The molecule has 2 N–H and O–H groups in total. The largest absolute Gasteiger partial charge is 0.338 e. The molecule has 2 aromatic rings. The summed E-state index contributed by atoms with van der Waals surface area (Å²) >= 11 is 0. The minimum Gasteiger partial charge on any atom is -0.338 e. The molecule has 0 spiro atoms. The first-order chi connectivity index (χ1) is 10.0. The van der Waals surface area contributed by atoms with Crippen molar-refractivity contribution in [2.24, 2.45) is 5.73 Å². The van der Waals surface area contributed by atoms with E-state index in [1.807, 2.05) is 30.3 Å². The Kier molecular flexibility index (Phi) is 3.77. The number of hydrogen-bond acceptors (Lipinski definition) is 6. The maximum atomic E-state index is 11.5. The summed E-state index contributed by atoms with van der Waals surface area (Å²) in [6.45, 7) is 0. The van der Waals surface area contributed by atoms with Crippen LogP contribution in [-0.2, 0) is 16.3 Å². The van der Waals surface area contributed by atoms with Crippen molar-refractivity contribution in [2.75, 3.05) is 11.5 Å². The summed E-state index contributed by atoms with van der Waals surface area (Å²) in [4.78, 5) is 4.29. The average Bonchev–Trinajstić information content (AvgIpc) is 3.06. The Morgan fingerprint density at radius 2 is 2.10 bits per heavy atom. The molecule has 1 fully saturated rings. The van der Waals surface area contributed by atoms with Crippen molar-refractivity contribution in [3.05, 3.63) is 47.6 Å². The molecule has 0 radical (unpaired) electrons. The lowest BCUT2D eigenvalue weighted by Gasteiger charge is -2.06. The minimum absolute atomic E-state index is 0.0971. The van der Waals surface area contributed by atoms with E-state index in [4.69, 9.17) is 10.3 Å². The van der Waals surface area contributed by atoms with Gasteiger partial charge in [0.2, 0.25) is 5.89 Å². The predicted octanol–water partition coefficient (Wildman–Crippen LogP) is 1.21. The smallest absolute Gasteiger partial charge is 0.243 e. The Balaban J connectivity index is 1.70. The first-order valence-electron chi connectivity index (χ1n) is 6.87. The normalized spacial score (nSPS) is 22.2. The highest BCUT2D eigenvalue weighted by Crippen LogP contribution is 2.27. The van der Waals surface area contributed by atoms with Crippen LogP contribution < -0.4 is 5.73 Å². The second kappa shape index (κ2) is 5.57. The van der Waals surface area contributed by atoms with Crippen LogP contribution in [-0.4, -0.2) is 30.1 Å². The first-order valence-corrected chi connectivity index (χ1v) is 8.69. The van der Waals surface area contributed by atoms with E-state index in [0.29, 0.717) is 24.6 Å². The molecule has 0 amide bonds. The summed E-state index contributed by atoms with van der Waals surface area (Å²) in [5, 5.41) is 3.90. The van der Waals surface area contributed by atoms with Crippen molar-refractivity contribution < 1.29 is 12.9 Å². The zero-order chi connectivity index (χ0) is 14.9. The van der Waals surface area contributed by atoms with Crippen LogP contribution in [0.15, 0.2) is 34.9 Å². The molecule has 1 aromatic carbocycles. The number of nitrogens with two attached hydrogens (primary N) is 1. The highest BCUT2D eigenvalue weighted by molar-refractivity contribution is 7.91. The van der Waals surface area contributed by atoms with Gasteiger partial charge in [0.1, 0.15) is 0 Å². The van der Waals surface area contributed by atoms with Crippen molar-refractivity contribution in [2.45, 2.75) is 24.8 Å². The Hall–Kier alpha value is -1.73. The van der Waals surface area contributed by atoms with Gasteiger partial charge in [0.05, 0.1) is 17.5 Å². The van der Waals surface area contributed by atoms with Crippen molar-refractivity contribution >= 4 is 9.84 Å². The van der Waals surface area contributed by atoms with Gasteiger partial charge in [-0.25, -0.2) is 8.42 Å². The molecule has 1 saturated heterocycles. The van der Waals surface area contributed by atoms with Crippen LogP contribution in [0.3, 0.4) is 0 Å². The Morgan fingerprint density at radius 1 is 1.33 bits per heavy atom. The van der Waals surface area contributed by atoms with Gasteiger partial charge >= 0.3 is 0 Å². The highest BCUT2D eigenvalue weighted by atomic mass is 32.2. The molecule has 21 heavy (non-hydrogen) atoms. The number of aromatic nitrogens is 2. The van der Waals surface area contributed by atoms with Crippen molar-refractivity contribution in [1.29, 1.82) is 0 Å². The lowest BCUT2D eigenvalue weighted by molar-refractivity contribution is 0.348. The van der Waals surface area contributed by atoms with Gasteiger partial charge in [-0.15, -0.1) is 0 Å². The fraction of sp³-hybridized carbons (Fsp3) is 0.429. The second-order valence-corrected chi connectivity index (χ2v) is 7.62. The molecule has 1 aromatic heterocycles. The van der Waals surface area contributed by atoms with Crippen LogP contribution in [0.2, 0.25) is 0 Å². The van der Waals surface area contributed by atoms with E-state index in [2.05, 4.69) is 10.1 Å². The molecule has 112 valence electrons. The number of nitrogens with zero attached hydrogens (tertiary/aromatic N) is 2. The summed E-state index contributed by atoms with van der Waals surface area (Å²) in [7, 11) is -2.96. The van der Waals surface area contributed by atoms with Gasteiger partial charge in [0, 0.05) is 5.92 Å². The SMILES string of the molecule is N[C@H](Cc1ccccc1)c1nc(C2CCS(=O)(=O)C2)no1. The topological polar surface area (TPSA) is 99.1 Å². The molecule has 0 saturated carbocycles. The van der Waals surface area contributed by atoms with Crippen molar-refractivity contribution in [1.82, 2.24) is 10.1 Å². The molecule has 1 aliphatic rings. The van der Waals surface area contributed by atoms with Crippen LogP contribution >= 0.6 is 0 Å². The minimum atomic E-state index is -2.96. The molecule has 2 atom stereocenters. The lowest BCUT2D eigenvalue weighted by atomic mass is 10.1. The summed E-state index contributed by atoms with van der Waals surface area (Å²) < 4.78 is 28.2. The quantitative estimate of drug-likeness (QED) is 0.911. The number of benzene rings is 1. The molecular formula is C14H17N3O3S. The molecule has 0 bridgehead atoms. The van der Waals surface area contributed by atoms with Gasteiger partial charge in [0.15, 0.2) is 15.7 Å². The summed E-state index contributed by atoms with van der Waals surface area (Å²) in [6.07, 6.45) is 1.15. The summed E-state index contributed by atoms with van der Waals surface area (Å²) in [5.41, 5.74) is 7.17. The van der Waals surface area contributed by atoms with Crippen LogP contribution in [0.4, 0.5) is 0 Å². The molecule has 1 aliphatic heterocycles. The van der Waals surface area contributed by atoms with Gasteiger partial charge in [0.25, 0.3) is 0 Å². The zero-order valence-corrected chi connectivity index (χ0v) is 12.3. The second-order valence-electron chi connectivity index (χ2n) is 5.39. The molecule has 3 rings (SSSR count). The molecular weight excluding hydrogens is 290 g/mol. The van der Waals surface area contributed by atoms with E-state index in [1.54, 1.807) is 0 Å². The van der Waals surface area contributed by atoms with Gasteiger partial charge in [-0.2, -0.15) is 4.98 Å². The first kappa shape index (κ1) is 14.2. The molecule has 1 unspecified atom stereocenters. The van der Waals surface area contributed by atoms with Crippen molar-refractivity contribution in [3.8, 4) is 0 Å². The Morgan fingerprint density at radius 3 is 2.76 bits per heavy atom. The van der Waals surface area contributed by atoms with E-state index in [-0.39, 0.29) is 23.5 Å². The van der Waals surface area contributed by atoms with Gasteiger partial charge in [-0.3, -0.25) is 0 Å². The standard InChI is InChI=1S/C14H17N3O3S/c15-12(8-10-4-2-1-3-5-10)14-16-13(17-20-14)11-6-7-21(18,19)9-11/h1-5,11-12H,6-9,15H2/t11?,12-/m1/s1. The molecule has 6 nitrogen and oxygen atoms in total. The monoisotopic (exact) mass is 307 g/mol. The predicted molar refractivity (Wildman–Crippen MR) is 77.4 cm³/mol. The molecule has 7 heteroatoms. The number of hydrogen-bond donors (Lipinski definition) is 1. The van der Waals surface area contributed by atoms with Gasteiger partial charge < -0.3 is 10.3 Å². The maximum absolute atomic E-state index is 11.5. The lowest BCUT2D eigenvalue weighted by Crippen LogP contribution is -2.14. The van der Waals surface area contributed by atoms with E-state index in [9.17, 15) is 8.42 Å². The van der Waals surface area contributed by atoms with E-state index in [1.165, 1.54) is 0 Å². The van der Waals surface area contributed by atoms with Crippen LogP contribution in [0.25, 0.3) is 0 Å². The average molecular weight is 307 g/mol. The highest BCUT2D eigenvalue weighted by Gasteiger charge is 2.32. The third-order valence-corrected chi connectivity index (χ3v) is 5.44. The van der Waals surface area contributed by atoms with Crippen LogP contribution in [0, 0.1) is 0 Å². The maximum Gasteiger partial charge on any atom is 0.243 e. The third-order valence-electron chi connectivity index (χ3n) is 3.67. The van der Waals surface area contributed by atoms with E-state index < -0.39 is 9.84 Å². The Labute approximate surface area is 123 Å². The fourth-order valence-electron chi connectivity index (χ4n) is 2.52. The van der Waals surface area contributed by atoms with Gasteiger partial charge in [-0.1, -0.05) is 35.5 Å². The molecule has 2 heterocycles. The van der Waals surface area contributed by atoms with Crippen molar-refractivity contribution in [3.63, 3.8) is 0 Å². The van der Waals surface area contributed by atoms with E-state index >= 15 is 0 Å². The Bertz CT molecular complexity index is 712. The molecule has 0 aliphatic carbocycles. The fourth-order valence-corrected chi connectivity index (χ4v) is 4.26. The number of rotatable bonds is 4. The zero-order valence-electron chi connectivity index (χ0n) is 11.5. The summed E-state index contributed by atoms with van der Waals surface area (Å²) in [5.74, 6) is 0.932. The third kappa shape index (κ3) is 3.30. The van der Waals surface area contributed by atoms with E-state index in [0.717, 1.165) is 5.56 Å². The number of sulfone groups is 1. The summed E-state index contributed by atoms with van der Waals surface area (Å²) in [6, 6.07) is 9.43. The van der Waals surface area contributed by atoms with Crippen LogP contribution in [0.1, 0.15) is 35.7 Å². The van der Waals surface area contributed by atoms with Gasteiger partial charge in [-0.05, 0) is 18.4 Å². The van der Waals surface area contributed by atoms with Crippen LogP contribution in [0.5, 0.6) is 0 Å².